The normalized spacial score (nSPS) is 17.5. The number of amides is 2. The number of nitrogens with one attached hydrogen (secondary N) is 1. The summed E-state index contributed by atoms with van der Waals surface area (Å²) in [6.45, 7) is 2.36. The lowest BCUT2D eigenvalue weighted by atomic mass is 10.4. The van der Waals surface area contributed by atoms with Crippen molar-refractivity contribution in [3.05, 3.63) is 0 Å². The van der Waals surface area contributed by atoms with Crippen LogP contribution in [0.4, 0.5) is 4.79 Å². The molecule has 0 aliphatic carbocycles. The maximum atomic E-state index is 11.4. The minimum absolute atomic E-state index is 0.0247. The first-order chi connectivity index (χ1) is 6.99. The van der Waals surface area contributed by atoms with Gasteiger partial charge in [0.2, 0.25) is 0 Å². The van der Waals surface area contributed by atoms with E-state index in [0.717, 1.165) is 6.26 Å². The van der Waals surface area contributed by atoms with Gasteiger partial charge in [-0.05, 0) is 0 Å². The first kappa shape index (κ1) is 12.3. The second-order valence-corrected chi connectivity index (χ2v) is 5.72. The number of rotatable bonds is 3. The number of hydrogen-bond acceptors (Lipinski definition) is 4. The molecule has 0 bridgehead atoms. The summed E-state index contributed by atoms with van der Waals surface area (Å²) in [5.41, 5.74) is 0. The molecular formula is C8H16N2O4S. The molecular weight excluding hydrogens is 220 g/mol. The van der Waals surface area contributed by atoms with Crippen molar-refractivity contribution in [2.75, 3.05) is 44.9 Å². The molecule has 0 spiro atoms. The maximum absolute atomic E-state index is 11.4. The summed E-state index contributed by atoms with van der Waals surface area (Å²) in [5, 5.41) is 2.56. The molecule has 1 aliphatic rings. The van der Waals surface area contributed by atoms with E-state index in [9.17, 15) is 13.2 Å². The highest BCUT2D eigenvalue weighted by atomic mass is 32.2. The summed E-state index contributed by atoms with van der Waals surface area (Å²) in [4.78, 5) is 13.1. The van der Waals surface area contributed by atoms with E-state index in [-0.39, 0.29) is 18.3 Å². The fourth-order valence-corrected chi connectivity index (χ4v) is 1.69. The third kappa shape index (κ3) is 4.98. The van der Waals surface area contributed by atoms with Gasteiger partial charge in [0.15, 0.2) is 0 Å². The molecule has 0 atom stereocenters. The number of carbonyl (C=O) groups is 1. The van der Waals surface area contributed by atoms with Gasteiger partial charge in [-0.3, -0.25) is 0 Å². The van der Waals surface area contributed by atoms with Crippen LogP contribution < -0.4 is 5.32 Å². The molecule has 0 unspecified atom stereocenters. The van der Waals surface area contributed by atoms with E-state index in [4.69, 9.17) is 4.74 Å². The Morgan fingerprint density at radius 2 is 2.00 bits per heavy atom. The average Bonchev–Trinajstić information content (AvgIpc) is 2.17. The number of carbonyl (C=O) groups excluding carboxylic acids is 1. The Labute approximate surface area is 89.5 Å². The summed E-state index contributed by atoms with van der Waals surface area (Å²) >= 11 is 0. The van der Waals surface area contributed by atoms with Crippen LogP contribution in [0, 0.1) is 0 Å². The molecule has 1 aliphatic heterocycles. The van der Waals surface area contributed by atoms with Crippen molar-refractivity contribution in [2.24, 2.45) is 0 Å². The van der Waals surface area contributed by atoms with Crippen LogP contribution in [0.1, 0.15) is 0 Å². The van der Waals surface area contributed by atoms with Gasteiger partial charge in [-0.25, -0.2) is 13.2 Å². The number of morpholine rings is 1. The SMILES string of the molecule is CS(=O)(=O)CCNC(=O)N1CCOCC1. The number of ether oxygens (including phenoxy) is 1. The lowest BCUT2D eigenvalue weighted by molar-refractivity contribution is 0.0533. The van der Waals surface area contributed by atoms with Gasteiger partial charge in [-0.2, -0.15) is 0 Å². The van der Waals surface area contributed by atoms with E-state index in [0.29, 0.717) is 26.3 Å². The zero-order chi connectivity index (χ0) is 11.3. The lowest BCUT2D eigenvalue weighted by Crippen LogP contribution is -2.47. The monoisotopic (exact) mass is 236 g/mol. The van der Waals surface area contributed by atoms with Crippen molar-refractivity contribution >= 4 is 15.9 Å². The second-order valence-electron chi connectivity index (χ2n) is 3.46. The Kier molecular flexibility index (Phi) is 4.34. The summed E-state index contributed by atoms with van der Waals surface area (Å²) in [5.74, 6) is -0.0247. The van der Waals surface area contributed by atoms with Crippen molar-refractivity contribution < 1.29 is 17.9 Å². The largest absolute Gasteiger partial charge is 0.378 e. The molecule has 1 heterocycles. The van der Waals surface area contributed by atoms with E-state index < -0.39 is 9.84 Å². The molecule has 0 radical (unpaired) electrons. The molecule has 88 valence electrons. The fourth-order valence-electron chi connectivity index (χ4n) is 1.22. The standard InChI is InChI=1S/C8H16N2O4S/c1-15(12,13)7-2-9-8(11)10-3-5-14-6-4-10/h2-7H2,1H3,(H,9,11). The van der Waals surface area contributed by atoms with Crippen molar-refractivity contribution in [1.29, 1.82) is 0 Å². The number of nitrogens with zero attached hydrogens (tertiary/aromatic N) is 1. The van der Waals surface area contributed by atoms with Crippen LogP contribution >= 0.6 is 0 Å². The minimum atomic E-state index is -3.01. The van der Waals surface area contributed by atoms with Gasteiger partial charge in [-0.1, -0.05) is 0 Å². The number of sulfone groups is 1. The molecule has 0 aromatic carbocycles. The summed E-state index contributed by atoms with van der Waals surface area (Å²) in [6, 6.07) is -0.220. The second kappa shape index (κ2) is 5.32. The van der Waals surface area contributed by atoms with Gasteiger partial charge < -0.3 is 15.0 Å². The average molecular weight is 236 g/mol. The number of hydrogen-bond donors (Lipinski definition) is 1. The first-order valence-electron chi connectivity index (χ1n) is 4.77. The van der Waals surface area contributed by atoms with Crippen LogP contribution in [0.15, 0.2) is 0 Å². The smallest absolute Gasteiger partial charge is 0.317 e. The van der Waals surface area contributed by atoms with E-state index in [1.165, 1.54) is 0 Å². The Bertz CT molecular complexity index is 309. The van der Waals surface area contributed by atoms with Gasteiger partial charge in [0, 0.05) is 25.9 Å². The van der Waals surface area contributed by atoms with E-state index >= 15 is 0 Å². The molecule has 0 saturated carbocycles. The third-order valence-electron chi connectivity index (χ3n) is 2.05. The van der Waals surface area contributed by atoms with Gasteiger partial charge in [-0.15, -0.1) is 0 Å². The van der Waals surface area contributed by atoms with Gasteiger partial charge in [0.05, 0.1) is 19.0 Å². The highest BCUT2D eigenvalue weighted by molar-refractivity contribution is 7.90. The molecule has 1 N–H and O–H groups in total. The fraction of sp³-hybridized carbons (Fsp3) is 0.875. The Balaban J connectivity index is 2.23. The van der Waals surface area contributed by atoms with Crippen LogP contribution in [0.5, 0.6) is 0 Å². The molecule has 6 nitrogen and oxygen atoms in total. The molecule has 0 aromatic rings. The molecule has 1 fully saturated rings. The number of urea groups is 1. The quantitative estimate of drug-likeness (QED) is 0.687. The maximum Gasteiger partial charge on any atom is 0.317 e. The highest BCUT2D eigenvalue weighted by Gasteiger charge is 2.16. The minimum Gasteiger partial charge on any atom is -0.378 e. The first-order valence-corrected chi connectivity index (χ1v) is 6.83. The Morgan fingerprint density at radius 3 is 2.53 bits per heavy atom. The zero-order valence-electron chi connectivity index (χ0n) is 8.73. The van der Waals surface area contributed by atoms with Crippen LogP contribution in [0.25, 0.3) is 0 Å². The van der Waals surface area contributed by atoms with Gasteiger partial charge in [0.25, 0.3) is 0 Å². The summed E-state index contributed by atoms with van der Waals surface area (Å²) in [7, 11) is -3.01. The van der Waals surface area contributed by atoms with Gasteiger partial charge >= 0.3 is 6.03 Å². The molecule has 0 aromatic heterocycles. The Morgan fingerprint density at radius 1 is 1.40 bits per heavy atom. The lowest BCUT2D eigenvalue weighted by Gasteiger charge is -2.26. The van der Waals surface area contributed by atoms with Crippen LogP contribution in [-0.4, -0.2) is 64.2 Å². The van der Waals surface area contributed by atoms with Crippen molar-refractivity contribution in [1.82, 2.24) is 10.2 Å². The van der Waals surface area contributed by atoms with Crippen molar-refractivity contribution in [3.63, 3.8) is 0 Å². The summed E-state index contributed by atoms with van der Waals surface area (Å²) < 4.78 is 26.7. The van der Waals surface area contributed by atoms with Gasteiger partial charge in [0.1, 0.15) is 9.84 Å². The third-order valence-corrected chi connectivity index (χ3v) is 2.99. The van der Waals surface area contributed by atoms with E-state index in [1.54, 1.807) is 4.90 Å². The summed E-state index contributed by atoms with van der Waals surface area (Å²) in [6.07, 6.45) is 1.15. The molecule has 2 amide bonds. The van der Waals surface area contributed by atoms with E-state index in [2.05, 4.69) is 5.32 Å². The predicted octanol–water partition coefficient (Wildman–Crippen LogP) is -0.927. The molecule has 15 heavy (non-hydrogen) atoms. The van der Waals surface area contributed by atoms with Crippen LogP contribution in [-0.2, 0) is 14.6 Å². The predicted molar refractivity (Wildman–Crippen MR) is 55.5 cm³/mol. The Hall–Kier alpha value is -0.820. The zero-order valence-corrected chi connectivity index (χ0v) is 9.55. The molecule has 1 saturated heterocycles. The molecule has 1 rings (SSSR count). The highest BCUT2D eigenvalue weighted by Crippen LogP contribution is 1.96. The van der Waals surface area contributed by atoms with Crippen LogP contribution in [0.2, 0.25) is 0 Å². The van der Waals surface area contributed by atoms with Crippen molar-refractivity contribution in [3.8, 4) is 0 Å². The topological polar surface area (TPSA) is 75.7 Å². The molecule has 7 heteroatoms. The van der Waals surface area contributed by atoms with Crippen LogP contribution in [0.3, 0.4) is 0 Å². The van der Waals surface area contributed by atoms with E-state index in [1.807, 2.05) is 0 Å². The van der Waals surface area contributed by atoms with Crippen molar-refractivity contribution in [2.45, 2.75) is 0 Å².